The zero-order valence-corrected chi connectivity index (χ0v) is 59.0. The van der Waals surface area contributed by atoms with Crippen LogP contribution in [0.15, 0.2) is 72.8 Å². The Morgan fingerprint density at radius 2 is 0.750 bits per heavy atom. The first kappa shape index (κ1) is 70.7. The predicted molar refractivity (Wildman–Crippen MR) is 377 cm³/mol. The summed E-state index contributed by atoms with van der Waals surface area (Å²) in [6.07, 6.45) is 10.7. The molecule has 0 radical (unpaired) electrons. The molecule has 100 heavy (non-hydrogen) atoms. The topological polar surface area (TPSA) is 248 Å². The average molecular weight is 1370 g/mol. The number of rotatable bonds is 15. The molecule has 15 rings (SSSR count). The van der Waals surface area contributed by atoms with Crippen molar-refractivity contribution < 1.29 is 52.6 Å². The van der Waals surface area contributed by atoms with E-state index >= 15 is 0 Å². The van der Waals surface area contributed by atoms with Gasteiger partial charge in [-0.2, -0.15) is 0 Å². The molecule has 6 aromatic rings. The Labute approximate surface area is 586 Å². The number of aromatic amines is 1. The Morgan fingerprint density at radius 3 is 1.09 bits per heavy atom. The molecule has 0 atom stereocenters. The number of aryl methyl sites for hydroxylation is 4. The van der Waals surface area contributed by atoms with Crippen molar-refractivity contribution in [3.05, 3.63) is 141 Å². The number of carbonyl (C=O) groups is 8. The first-order chi connectivity index (χ1) is 47.4. The number of amides is 6. The molecule has 0 bridgehead atoms. The van der Waals surface area contributed by atoms with Crippen LogP contribution in [0.2, 0.25) is 0 Å². The lowest BCUT2D eigenvalue weighted by Crippen LogP contribution is -2.65. The summed E-state index contributed by atoms with van der Waals surface area (Å²) in [5.41, 5.74) is 10.1. The zero-order chi connectivity index (χ0) is 70.0. The van der Waals surface area contributed by atoms with Gasteiger partial charge >= 0.3 is 18.3 Å². The molecule has 3 fully saturated rings. The zero-order valence-electron chi connectivity index (χ0n) is 59.0. The summed E-state index contributed by atoms with van der Waals surface area (Å²) in [6, 6.07) is 23.5. The second-order valence-corrected chi connectivity index (χ2v) is 29.8. The smallest absolute Gasteiger partial charge is 0.410 e. The Bertz CT molecular complexity index is 3950. The molecule has 3 aliphatic carbocycles. The Morgan fingerprint density at radius 1 is 0.430 bits per heavy atom. The van der Waals surface area contributed by atoms with Crippen molar-refractivity contribution in [2.45, 2.75) is 221 Å². The van der Waals surface area contributed by atoms with Crippen LogP contribution < -0.4 is 14.7 Å². The van der Waals surface area contributed by atoms with Crippen LogP contribution in [0, 0.1) is 11.8 Å². The van der Waals surface area contributed by atoms with Gasteiger partial charge in [-0.05, 0) is 153 Å². The van der Waals surface area contributed by atoms with Crippen molar-refractivity contribution in [3.8, 4) is 0 Å². The number of H-pyrrole nitrogens is 1. The van der Waals surface area contributed by atoms with Gasteiger partial charge in [0.25, 0.3) is 0 Å². The van der Waals surface area contributed by atoms with E-state index in [1.807, 2.05) is 147 Å². The molecule has 1 N–H and O–H groups in total. The summed E-state index contributed by atoms with van der Waals surface area (Å²) in [5.74, 6) is 2.59. The molecule has 6 aliphatic heterocycles. The van der Waals surface area contributed by atoms with E-state index < -0.39 is 16.2 Å². The second kappa shape index (κ2) is 28.1. The fourth-order valence-electron chi connectivity index (χ4n) is 15.8. The summed E-state index contributed by atoms with van der Waals surface area (Å²) in [7, 11) is 0. The Kier molecular flexibility index (Phi) is 19.9. The summed E-state index contributed by atoms with van der Waals surface area (Å²) in [6.45, 7) is 22.2. The fraction of sp³-hybridized carbons (Fsp3) is 0.545. The number of likely N-dealkylation sites (tertiary alicyclic amines) is 3. The van der Waals surface area contributed by atoms with Gasteiger partial charge in [-0.3, -0.25) is 24.0 Å². The minimum atomic E-state index is -0.753. The molecule has 0 saturated carbocycles. The van der Waals surface area contributed by atoms with E-state index in [9.17, 15) is 38.4 Å². The van der Waals surface area contributed by atoms with Crippen LogP contribution in [-0.4, -0.2) is 149 Å². The maximum Gasteiger partial charge on any atom is 0.410 e. The highest BCUT2D eigenvalue weighted by atomic mass is 16.6. The highest BCUT2D eigenvalue weighted by Gasteiger charge is 2.62. The van der Waals surface area contributed by atoms with Gasteiger partial charge in [0.2, 0.25) is 17.7 Å². The van der Waals surface area contributed by atoms with Crippen LogP contribution >= 0.6 is 0 Å². The molecule has 6 amide bonds. The van der Waals surface area contributed by atoms with E-state index in [0.29, 0.717) is 72.0 Å². The first-order valence-corrected chi connectivity index (χ1v) is 35.8. The van der Waals surface area contributed by atoms with Gasteiger partial charge in [-0.25, -0.2) is 29.3 Å². The number of Topliss-reactive ketones (excluding diaryl/α,β-unsaturated/α-hetero) is 2. The maximum atomic E-state index is 13.9. The number of fused-ring (bicyclic) bond motifs is 9. The summed E-state index contributed by atoms with van der Waals surface area (Å²) >= 11 is 0. The van der Waals surface area contributed by atoms with Crippen molar-refractivity contribution in [3.63, 3.8) is 0 Å². The lowest BCUT2D eigenvalue weighted by atomic mass is 9.75. The van der Waals surface area contributed by atoms with Gasteiger partial charge in [-0.15, -0.1) is 0 Å². The maximum absolute atomic E-state index is 13.9. The van der Waals surface area contributed by atoms with Crippen molar-refractivity contribution in [2.24, 2.45) is 11.8 Å². The fourth-order valence-corrected chi connectivity index (χ4v) is 15.8. The molecule has 3 aromatic carbocycles. The molecule has 3 spiro atoms. The number of hydrogen-bond acceptors (Lipinski definition) is 14. The van der Waals surface area contributed by atoms with Crippen LogP contribution in [0.1, 0.15) is 184 Å². The number of hydrogen-bond donors (Lipinski definition) is 1. The van der Waals surface area contributed by atoms with E-state index in [1.54, 1.807) is 24.5 Å². The number of nitrogens with zero attached hydrogens (tertiary/aromatic N) is 11. The SMILES string of the molecule is C.CC(C)OC(=O)N1CC2(C1)C(=O)N(Cc1nc3c([nH]1)CCCC3)c1ccccc12.CC(C)OC(=O)N1CC2(C1)C(=O)N(Cc1nc3c(n1CC(=O)C(C)C)CCCC3)c1ccccc12.CC(C)OC(=O)N1CC2(C1)C(=O)N(Cc1nc3c(n1CC(=O)C(C)C)CCCC3)c1ccccc12. The summed E-state index contributed by atoms with van der Waals surface area (Å²) in [4.78, 5) is 132. The minimum absolute atomic E-state index is 0. The number of ether oxygens (including phenoxy) is 3. The van der Waals surface area contributed by atoms with Crippen LogP contribution in [0.4, 0.5) is 31.4 Å². The van der Waals surface area contributed by atoms with Crippen molar-refractivity contribution in [1.82, 2.24) is 43.8 Å². The highest BCUT2D eigenvalue weighted by molar-refractivity contribution is 6.11. The van der Waals surface area contributed by atoms with E-state index in [1.165, 1.54) is 18.5 Å². The van der Waals surface area contributed by atoms with Crippen LogP contribution in [0.5, 0.6) is 0 Å². The van der Waals surface area contributed by atoms with E-state index in [2.05, 4.69) is 14.1 Å². The van der Waals surface area contributed by atoms with Gasteiger partial charge in [0.05, 0.1) is 68.1 Å². The molecular weight excluding hydrogens is 1270 g/mol. The quantitative estimate of drug-likeness (QED) is 0.0940. The van der Waals surface area contributed by atoms with E-state index in [-0.39, 0.29) is 85.1 Å². The van der Waals surface area contributed by atoms with Crippen LogP contribution in [0.3, 0.4) is 0 Å². The molecule has 23 heteroatoms. The summed E-state index contributed by atoms with van der Waals surface area (Å²) in [5, 5.41) is 0. The third-order valence-electron chi connectivity index (χ3n) is 21.1. The molecule has 3 saturated heterocycles. The van der Waals surface area contributed by atoms with Crippen LogP contribution in [-0.2, 0) is 126 Å². The third-order valence-corrected chi connectivity index (χ3v) is 21.1. The minimum Gasteiger partial charge on any atom is -0.447 e. The van der Waals surface area contributed by atoms with Crippen molar-refractivity contribution >= 4 is 64.6 Å². The third kappa shape index (κ3) is 12.9. The number of carbonyl (C=O) groups excluding carboxylic acids is 8. The standard InChI is InChI=1S/2C27H34N4O4.C22H26N4O3.CH4/c2*1-17(2)23(32)13-30-22-12-8-6-10-20(22)28-24(30)14-31-21-11-7-5-9-19(21)27(25(31)33)15-29(16-27)26(34)35-18(3)4;1-14(2)29-21(28)25-12-22(13-25)15-7-3-6-10-18(15)26(20(22)27)11-19-23-16-8-4-5-9-17(16)24-19;/h2*5,7,9,11,17-18H,6,8,10,12-16H2,1-4H3;3,6-7,10,14H,4-5,8-9,11-13H2,1-2H3,(H,23,24);1H4. The largest absolute Gasteiger partial charge is 0.447 e. The Hall–Kier alpha value is -9.15. The number of imidazole rings is 3. The van der Waals surface area contributed by atoms with Gasteiger partial charge in [0, 0.05) is 85.2 Å². The van der Waals surface area contributed by atoms with Crippen LogP contribution in [0.25, 0.3) is 0 Å². The van der Waals surface area contributed by atoms with E-state index in [4.69, 9.17) is 29.2 Å². The normalized spacial score (nSPS) is 18.3. The van der Waals surface area contributed by atoms with Crippen molar-refractivity contribution in [1.29, 1.82) is 0 Å². The Balaban J connectivity index is 0.000000142. The number of nitrogens with one attached hydrogen (secondary N) is 1. The van der Waals surface area contributed by atoms with E-state index in [0.717, 1.165) is 144 Å². The molecule has 9 aliphatic rings. The number of aromatic nitrogens is 6. The second-order valence-electron chi connectivity index (χ2n) is 29.8. The van der Waals surface area contributed by atoms with Crippen molar-refractivity contribution in [2.75, 3.05) is 54.0 Å². The number of ketones is 2. The lowest BCUT2D eigenvalue weighted by Gasteiger charge is -2.46. The number of benzene rings is 3. The monoisotopic (exact) mass is 1370 g/mol. The van der Waals surface area contributed by atoms with Gasteiger partial charge < -0.3 is 57.7 Å². The molecular formula is C77H98N12O11. The molecule has 9 heterocycles. The number of anilines is 3. The van der Waals surface area contributed by atoms with Gasteiger partial charge in [0.1, 0.15) is 33.7 Å². The molecule has 532 valence electrons. The summed E-state index contributed by atoms with van der Waals surface area (Å²) < 4.78 is 20.1. The first-order valence-electron chi connectivity index (χ1n) is 35.8. The predicted octanol–water partition coefficient (Wildman–Crippen LogP) is 10.8. The average Bonchev–Trinajstić information content (AvgIpc) is 1.55. The highest BCUT2D eigenvalue weighted by Crippen LogP contribution is 2.51. The lowest BCUT2D eigenvalue weighted by molar-refractivity contribution is -0.129. The number of para-hydroxylation sites is 3. The molecule has 0 unspecified atom stereocenters. The van der Waals surface area contributed by atoms with Gasteiger partial charge in [0.15, 0.2) is 11.6 Å². The molecule has 3 aromatic heterocycles. The van der Waals surface area contributed by atoms with Gasteiger partial charge in [-0.1, -0.05) is 89.7 Å². The molecule has 23 nitrogen and oxygen atoms in total.